The van der Waals surface area contributed by atoms with Crippen LogP contribution >= 0.6 is 0 Å². The maximum absolute atomic E-state index is 13.2. The Kier molecular flexibility index (Phi) is 8.26. The Morgan fingerprint density at radius 2 is 1.34 bits per heavy atom. The molecule has 1 aliphatic rings. The monoisotopic (exact) mass is 441 g/mol. The van der Waals surface area contributed by atoms with Crippen molar-refractivity contribution >= 4 is 5.91 Å². The van der Waals surface area contributed by atoms with E-state index in [2.05, 4.69) is 17.4 Å². The Bertz CT molecular complexity index is 913. The van der Waals surface area contributed by atoms with Crippen molar-refractivity contribution in [2.24, 2.45) is 0 Å². The average molecular weight is 442 g/mol. The number of fused-ring (bicyclic) bond motifs is 1. The predicted molar refractivity (Wildman–Crippen MR) is 125 cm³/mol. The molecule has 0 aliphatic heterocycles. The molecule has 32 heavy (non-hydrogen) atoms. The molecule has 0 spiro atoms. The third-order valence-electron chi connectivity index (χ3n) is 5.51. The van der Waals surface area contributed by atoms with Gasteiger partial charge >= 0.3 is 0 Å². The van der Waals surface area contributed by atoms with E-state index in [1.165, 1.54) is 11.1 Å². The van der Waals surface area contributed by atoms with Crippen molar-refractivity contribution in [3.05, 3.63) is 46.5 Å². The lowest BCUT2D eigenvalue weighted by Gasteiger charge is -2.21. The number of nitrogens with one attached hydrogen (secondary N) is 1. The number of aryl methyl sites for hydroxylation is 2. The van der Waals surface area contributed by atoms with E-state index in [-0.39, 0.29) is 11.9 Å². The molecule has 1 unspecified atom stereocenters. The number of ether oxygens (including phenoxy) is 4. The molecule has 0 saturated carbocycles. The van der Waals surface area contributed by atoms with Gasteiger partial charge in [-0.15, -0.1) is 0 Å². The van der Waals surface area contributed by atoms with Crippen LogP contribution in [0.4, 0.5) is 0 Å². The number of amides is 1. The van der Waals surface area contributed by atoms with Crippen molar-refractivity contribution in [2.45, 2.75) is 59.9 Å². The van der Waals surface area contributed by atoms with Crippen LogP contribution in [0.5, 0.6) is 23.0 Å². The molecule has 0 radical (unpaired) electrons. The zero-order valence-corrected chi connectivity index (χ0v) is 19.9. The first-order valence-electron chi connectivity index (χ1n) is 11.7. The highest BCUT2D eigenvalue weighted by Gasteiger charge is 2.23. The molecule has 2 aromatic carbocycles. The summed E-state index contributed by atoms with van der Waals surface area (Å²) in [6, 6.07) is 7.54. The molecule has 174 valence electrons. The fraction of sp³-hybridized carbons (Fsp3) is 0.500. The van der Waals surface area contributed by atoms with Crippen LogP contribution in [0.15, 0.2) is 24.3 Å². The highest BCUT2D eigenvalue weighted by atomic mass is 16.5. The molecule has 3 rings (SSSR count). The molecule has 6 nitrogen and oxygen atoms in total. The highest BCUT2D eigenvalue weighted by Crippen LogP contribution is 2.39. The van der Waals surface area contributed by atoms with Gasteiger partial charge in [0, 0.05) is 11.1 Å². The summed E-state index contributed by atoms with van der Waals surface area (Å²) in [7, 11) is 0. The molecule has 0 heterocycles. The topological polar surface area (TPSA) is 66.0 Å². The van der Waals surface area contributed by atoms with Gasteiger partial charge in [0.2, 0.25) is 5.75 Å². The van der Waals surface area contributed by atoms with Crippen LogP contribution in [0.1, 0.15) is 74.1 Å². The van der Waals surface area contributed by atoms with Gasteiger partial charge in [0.15, 0.2) is 11.5 Å². The first kappa shape index (κ1) is 23.8. The number of rotatable bonds is 11. The number of hydrogen-bond acceptors (Lipinski definition) is 5. The van der Waals surface area contributed by atoms with E-state index in [0.717, 1.165) is 30.6 Å². The fourth-order valence-corrected chi connectivity index (χ4v) is 4.12. The van der Waals surface area contributed by atoms with Crippen LogP contribution in [0.2, 0.25) is 0 Å². The van der Waals surface area contributed by atoms with Gasteiger partial charge in [-0.25, -0.2) is 0 Å². The summed E-state index contributed by atoms with van der Waals surface area (Å²) in [4.78, 5) is 13.2. The minimum Gasteiger partial charge on any atom is -0.494 e. The van der Waals surface area contributed by atoms with E-state index in [9.17, 15) is 4.79 Å². The summed E-state index contributed by atoms with van der Waals surface area (Å²) < 4.78 is 23.2. The number of benzene rings is 2. The van der Waals surface area contributed by atoms with Crippen LogP contribution in [0, 0.1) is 0 Å². The smallest absolute Gasteiger partial charge is 0.252 e. The quantitative estimate of drug-likeness (QED) is 0.515. The van der Waals surface area contributed by atoms with E-state index in [1.807, 2.05) is 34.6 Å². The lowest BCUT2D eigenvalue weighted by molar-refractivity contribution is 0.0938. The molecule has 1 N–H and O–H groups in total. The molecule has 1 aliphatic carbocycles. The zero-order valence-electron chi connectivity index (χ0n) is 19.9. The first-order valence-corrected chi connectivity index (χ1v) is 11.7. The van der Waals surface area contributed by atoms with Crippen LogP contribution in [0.3, 0.4) is 0 Å². The standard InChI is InChI=1S/C26H35NO5/c1-6-29-22-14-19-12-10-11-18(19)13-21(22)17(5)27-26(28)20-15-23(30-7-2)25(32-9-4)24(16-20)31-8-3/h13-17H,6-12H2,1-5H3,(H,27,28). The summed E-state index contributed by atoms with van der Waals surface area (Å²) in [5, 5.41) is 3.12. The molecule has 1 atom stereocenters. The average Bonchev–Trinajstić information content (AvgIpc) is 3.23. The largest absolute Gasteiger partial charge is 0.494 e. The van der Waals surface area contributed by atoms with Gasteiger partial charge in [-0.3, -0.25) is 4.79 Å². The summed E-state index contributed by atoms with van der Waals surface area (Å²) in [5.74, 6) is 2.18. The molecule has 1 amide bonds. The molecular formula is C26H35NO5. The summed E-state index contributed by atoms with van der Waals surface area (Å²) in [6.07, 6.45) is 3.32. The van der Waals surface area contributed by atoms with Crippen molar-refractivity contribution in [2.75, 3.05) is 26.4 Å². The van der Waals surface area contributed by atoms with Gasteiger partial charge < -0.3 is 24.3 Å². The second kappa shape index (κ2) is 11.1. The Labute approximate surface area is 191 Å². The fourth-order valence-electron chi connectivity index (χ4n) is 4.12. The maximum atomic E-state index is 13.2. The number of hydrogen-bond donors (Lipinski definition) is 1. The Hall–Kier alpha value is -2.89. The van der Waals surface area contributed by atoms with Gasteiger partial charge in [0.05, 0.1) is 32.5 Å². The minimum atomic E-state index is -0.215. The van der Waals surface area contributed by atoms with Gasteiger partial charge in [0.25, 0.3) is 5.91 Å². The van der Waals surface area contributed by atoms with Crippen molar-refractivity contribution < 1.29 is 23.7 Å². The maximum Gasteiger partial charge on any atom is 0.252 e. The van der Waals surface area contributed by atoms with E-state index in [0.29, 0.717) is 49.2 Å². The second-order valence-corrected chi connectivity index (χ2v) is 7.74. The highest BCUT2D eigenvalue weighted by molar-refractivity contribution is 5.96. The normalized spacial score (nSPS) is 13.3. The predicted octanol–water partition coefficient (Wildman–Crippen LogP) is 5.26. The van der Waals surface area contributed by atoms with Gasteiger partial charge in [-0.1, -0.05) is 0 Å². The lowest BCUT2D eigenvalue weighted by atomic mass is 10.00. The first-order chi connectivity index (χ1) is 15.5. The third-order valence-corrected chi connectivity index (χ3v) is 5.51. The van der Waals surface area contributed by atoms with E-state index in [1.54, 1.807) is 12.1 Å². The minimum absolute atomic E-state index is 0.203. The van der Waals surface area contributed by atoms with Crippen LogP contribution in [0.25, 0.3) is 0 Å². The molecule has 0 aromatic heterocycles. The Morgan fingerprint density at radius 3 is 1.91 bits per heavy atom. The van der Waals surface area contributed by atoms with Crippen molar-refractivity contribution in [1.29, 1.82) is 0 Å². The molecular weight excluding hydrogens is 406 g/mol. The van der Waals surface area contributed by atoms with Gasteiger partial charge in [-0.05, 0) is 89.3 Å². The summed E-state index contributed by atoms with van der Waals surface area (Å²) >= 11 is 0. The van der Waals surface area contributed by atoms with E-state index >= 15 is 0 Å². The zero-order chi connectivity index (χ0) is 23.1. The van der Waals surface area contributed by atoms with E-state index < -0.39 is 0 Å². The Morgan fingerprint density at radius 1 is 0.812 bits per heavy atom. The van der Waals surface area contributed by atoms with Crippen LogP contribution in [-0.2, 0) is 12.8 Å². The lowest BCUT2D eigenvalue weighted by Crippen LogP contribution is -2.27. The van der Waals surface area contributed by atoms with Gasteiger partial charge in [0.1, 0.15) is 5.75 Å². The molecule has 0 saturated heterocycles. The number of carbonyl (C=O) groups is 1. The summed E-state index contributed by atoms with van der Waals surface area (Å²) in [6.45, 7) is 11.6. The van der Waals surface area contributed by atoms with Crippen LogP contribution in [-0.4, -0.2) is 32.3 Å². The van der Waals surface area contributed by atoms with Gasteiger partial charge in [-0.2, -0.15) is 0 Å². The van der Waals surface area contributed by atoms with E-state index in [4.69, 9.17) is 18.9 Å². The molecule has 6 heteroatoms. The molecule has 2 aromatic rings. The van der Waals surface area contributed by atoms with Crippen molar-refractivity contribution in [1.82, 2.24) is 5.32 Å². The SMILES string of the molecule is CCOc1cc2c(cc1C(C)NC(=O)c1cc(OCC)c(OCC)c(OCC)c1)CCC2. The molecule has 0 fully saturated rings. The Balaban J connectivity index is 1.89. The second-order valence-electron chi connectivity index (χ2n) is 7.74. The molecule has 0 bridgehead atoms. The third kappa shape index (κ3) is 5.29. The van der Waals surface area contributed by atoms with Crippen LogP contribution < -0.4 is 24.3 Å². The van der Waals surface area contributed by atoms with Crippen molar-refractivity contribution in [3.63, 3.8) is 0 Å². The summed E-state index contributed by atoms with van der Waals surface area (Å²) in [5.41, 5.74) is 4.17. The van der Waals surface area contributed by atoms with Crippen molar-refractivity contribution in [3.8, 4) is 23.0 Å². The number of carbonyl (C=O) groups excluding carboxylic acids is 1.